The molecule has 0 N–H and O–H groups in total. The number of nitrogens with zero attached hydrogens (tertiary/aromatic N) is 1. The summed E-state index contributed by atoms with van der Waals surface area (Å²) in [5.74, 6) is -0.291. The molecule has 0 saturated carbocycles. The van der Waals surface area contributed by atoms with E-state index in [1.807, 2.05) is 0 Å². The van der Waals surface area contributed by atoms with Gasteiger partial charge in [-0.15, -0.1) is 0 Å². The van der Waals surface area contributed by atoms with Gasteiger partial charge in [-0.2, -0.15) is 4.99 Å². The summed E-state index contributed by atoms with van der Waals surface area (Å²) in [5, 5.41) is 0.355. The second kappa shape index (κ2) is 5.93. The number of halogens is 2. The molecule has 0 amide bonds. The van der Waals surface area contributed by atoms with Gasteiger partial charge in [0, 0.05) is 10.0 Å². The van der Waals surface area contributed by atoms with Crippen molar-refractivity contribution in [3.8, 4) is 0 Å². The van der Waals surface area contributed by atoms with Crippen LogP contribution in [0.4, 0.5) is 5.69 Å². The van der Waals surface area contributed by atoms with Crippen molar-refractivity contribution in [3.05, 3.63) is 63.1 Å². The van der Waals surface area contributed by atoms with Crippen molar-refractivity contribution in [2.75, 3.05) is 0 Å². The van der Waals surface area contributed by atoms with Gasteiger partial charge in [0.15, 0.2) is 5.78 Å². The number of rotatable bonds is 3. The maximum Gasteiger partial charge on any atom is 0.240 e. The van der Waals surface area contributed by atoms with Crippen molar-refractivity contribution < 1.29 is 9.59 Å². The Labute approximate surface area is 123 Å². The standard InChI is InChI=1S/C14H7BrClNO2/c15-9-5-6-13(17-8-18)11(7-9)14(19)10-3-1-2-4-12(10)16/h1-7H. The van der Waals surface area contributed by atoms with Gasteiger partial charge in [0.1, 0.15) is 0 Å². The van der Waals surface area contributed by atoms with Crippen LogP contribution in [0.5, 0.6) is 0 Å². The molecular formula is C14H7BrClNO2. The van der Waals surface area contributed by atoms with Gasteiger partial charge in [0.05, 0.1) is 16.3 Å². The summed E-state index contributed by atoms with van der Waals surface area (Å²) in [6, 6.07) is 11.6. The van der Waals surface area contributed by atoms with E-state index in [-0.39, 0.29) is 11.5 Å². The van der Waals surface area contributed by atoms with Gasteiger partial charge < -0.3 is 0 Å². The number of benzene rings is 2. The molecule has 0 bridgehead atoms. The lowest BCUT2D eigenvalue weighted by Crippen LogP contribution is -2.02. The average Bonchev–Trinajstić information content (AvgIpc) is 2.41. The highest BCUT2D eigenvalue weighted by Gasteiger charge is 2.16. The average molecular weight is 337 g/mol. The summed E-state index contributed by atoms with van der Waals surface area (Å²) < 4.78 is 0.716. The molecule has 0 atom stereocenters. The fourth-order valence-corrected chi connectivity index (χ4v) is 2.21. The van der Waals surface area contributed by atoms with Crippen LogP contribution in [0.15, 0.2) is 51.9 Å². The molecule has 19 heavy (non-hydrogen) atoms. The third kappa shape index (κ3) is 2.99. The monoisotopic (exact) mass is 335 g/mol. The first-order chi connectivity index (χ1) is 9.13. The number of carbonyl (C=O) groups is 1. The minimum atomic E-state index is -0.291. The molecule has 2 rings (SSSR count). The van der Waals surface area contributed by atoms with Crippen LogP contribution in [0.2, 0.25) is 5.02 Å². The zero-order valence-electron chi connectivity index (χ0n) is 9.56. The van der Waals surface area contributed by atoms with Crippen molar-refractivity contribution in [2.45, 2.75) is 0 Å². The first-order valence-electron chi connectivity index (χ1n) is 5.30. The smallest absolute Gasteiger partial charge is 0.240 e. The van der Waals surface area contributed by atoms with Crippen LogP contribution in [-0.4, -0.2) is 11.9 Å². The van der Waals surface area contributed by atoms with Crippen LogP contribution in [0, 0.1) is 0 Å². The van der Waals surface area contributed by atoms with Crippen LogP contribution in [0.1, 0.15) is 15.9 Å². The lowest BCUT2D eigenvalue weighted by molar-refractivity contribution is 0.103. The molecule has 94 valence electrons. The summed E-state index contributed by atoms with van der Waals surface area (Å²) in [7, 11) is 0. The van der Waals surface area contributed by atoms with Crippen LogP contribution in [-0.2, 0) is 4.79 Å². The van der Waals surface area contributed by atoms with E-state index in [9.17, 15) is 9.59 Å². The van der Waals surface area contributed by atoms with Crippen LogP contribution in [0.25, 0.3) is 0 Å². The van der Waals surface area contributed by atoms with Crippen LogP contribution >= 0.6 is 27.5 Å². The van der Waals surface area contributed by atoms with Gasteiger partial charge in [0.2, 0.25) is 6.08 Å². The molecule has 2 aromatic rings. The van der Waals surface area contributed by atoms with Crippen LogP contribution in [0.3, 0.4) is 0 Å². The summed E-state index contributed by atoms with van der Waals surface area (Å²) in [5.41, 5.74) is 0.929. The quantitative estimate of drug-likeness (QED) is 0.476. The highest BCUT2D eigenvalue weighted by atomic mass is 79.9. The zero-order chi connectivity index (χ0) is 13.8. The molecule has 5 heteroatoms. The highest BCUT2D eigenvalue weighted by Crippen LogP contribution is 2.28. The Kier molecular flexibility index (Phi) is 4.27. The fraction of sp³-hybridized carbons (Fsp3) is 0. The predicted octanol–water partition coefficient (Wildman–Crippen LogP) is 4.30. The Bertz CT molecular complexity index is 694. The molecule has 0 heterocycles. The van der Waals surface area contributed by atoms with E-state index in [4.69, 9.17) is 11.6 Å². The van der Waals surface area contributed by atoms with Crippen molar-refractivity contribution in [1.29, 1.82) is 0 Å². The van der Waals surface area contributed by atoms with Gasteiger partial charge in [-0.3, -0.25) is 4.79 Å². The summed E-state index contributed by atoms with van der Waals surface area (Å²) in [6.45, 7) is 0. The van der Waals surface area contributed by atoms with E-state index in [2.05, 4.69) is 20.9 Å². The Balaban J connectivity index is 2.58. The topological polar surface area (TPSA) is 46.5 Å². The number of ketones is 1. The molecule has 0 aromatic heterocycles. The maximum absolute atomic E-state index is 12.4. The van der Waals surface area contributed by atoms with E-state index in [1.54, 1.807) is 42.5 Å². The molecule has 0 saturated heterocycles. The third-order valence-electron chi connectivity index (χ3n) is 2.49. The van der Waals surface area contributed by atoms with E-state index in [0.29, 0.717) is 20.6 Å². The predicted molar refractivity (Wildman–Crippen MR) is 76.8 cm³/mol. The van der Waals surface area contributed by atoms with Gasteiger partial charge in [-0.05, 0) is 30.3 Å². The largest absolute Gasteiger partial charge is 0.288 e. The number of aliphatic imine (C=N–C) groups is 1. The summed E-state index contributed by atoms with van der Waals surface area (Å²) in [4.78, 5) is 26.4. The summed E-state index contributed by atoms with van der Waals surface area (Å²) >= 11 is 9.28. The molecule has 0 aliphatic rings. The number of carbonyl (C=O) groups excluding carboxylic acids is 2. The molecular weight excluding hydrogens is 330 g/mol. The fourth-order valence-electron chi connectivity index (χ4n) is 1.63. The Morgan fingerprint density at radius 1 is 1.16 bits per heavy atom. The second-order valence-corrected chi connectivity index (χ2v) is 5.00. The molecule has 0 spiro atoms. The van der Waals surface area contributed by atoms with Crippen molar-refractivity contribution in [1.82, 2.24) is 0 Å². The molecule has 0 unspecified atom stereocenters. The number of isocyanates is 1. The van der Waals surface area contributed by atoms with Crippen molar-refractivity contribution in [3.63, 3.8) is 0 Å². The SMILES string of the molecule is O=C=Nc1ccc(Br)cc1C(=O)c1ccccc1Cl. The number of hydrogen-bond acceptors (Lipinski definition) is 3. The Hall–Kier alpha value is -1.74. The second-order valence-electron chi connectivity index (χ2n) is 3.67. The van der Waals surface area contributed by atoms with Gasteiger partial charge in [-0.1, -0.05) is 39.7 Å². The first kappa shape index (κ1) is 13.7. The molecule has 2 aromatic carbocycles. The first-order valence-corrected chi connectivity index (χ1v) is 6.47. The normalized spacial score (nSPS) is 9.79. The van der Waals surface area contributed by atoms with E-state index < -0.39 is 0 Å². The Morgan fingerprint density at radius 2 is 1.89 bits per heavy atom. The van der Waals surface area contributed by atoms with Crippen molar-refractivity contribution in [2.24, 2.45) is 4.99 Å². The van der Waals surface area contributed by atoms with E-state index >= 15 is 0 Å². The Morgan fingerprint density at radius 3 is 2.58 bits per heavy atom. The van der Waals surface area contributed by atoms with E-state index in [0.717, 1.165) is 0 Å². The zero-order valence-corrected chi connectivity index (χ0v) is 11.9. The summed E-state index contributed by atoms with van der Waals surface area (Å²) in [6.07, 6.45) is 1.44. The lowest BCUT2D eigenvalue weighted by atomic mass is 10.0. The lowest BCUT2D eigenvalue weighted by Gasteiger charge is -2.06. The minimum Gasteiger partial charge on any atom is -0.288 e. The molecule has 3 nitrogen and oxygen atoms in total. The molecule has 0 aliphatic heterocycles. The van der Waals surface area contributed by atoms with Crippen molar-refractivity contribution >= 4 is 45.1 Å². The molecule has 0 fully saturated rings. The maximum atomic E-state index is 12.4. The third-order valence-corrected chi connectivity index (χ3v) is 3.31. The van der Waals surface area contributed by atoms with Gasteiger partial charge in [0.25, 0.3) is 0 Å². The molecule has 0 aliphatic carbocycles. The number of hydrogen-bond donors (Lipinski definition) is 0. The minimum absolute atomic E-state index is 0.267. The molecule has 0 radical (unpaired) electrons. The van der Waals surface area contributed by atoms with Crippen LogP contribution < -0.4 is 0 Å². The van der Waals surface area contributed by atoms with Gasteiger partial charge in [-0.25, -0.2) is 4.79 Å². The highest BCUT2D eigenvalue weighted by molar-refractivity contribution is 9.10. The van der Waals surface area contributed by atoms with Gasteiger partial charge >= 0.3 is 0 Å². The van der Waals surface area contributed by atoms with E-state index in [1.165, 1.54) is 6.08 Å².